The third kappa shape index (κ3) is 3.76. The summed E-state index contributed by atoms with van der Waals surface area (Å²) in [5, 5.41) is 2.74. The molecule has 0 spiro atoms. The summed E-state index contributed by atoms with van der Waals surface area (Å²) in [6.45, 7) is 2.39. The van der Waals surface area contributed by atoms with Gasteiger partial charge < -0.3 is 14.8 Å². The van der Waals surface area contributed by atoms with Crippen molar-refractivity contribution < 1.29 is 18.7 Å². The number of hydrogen-bond donors (Lipinski definition) is 1. The van der Waals surface area contributed by atoms with Crippen molar-refractivity contribution in [2.45, 2.75) is 6.92 Å². The number of halogens is 2. The van der Waals surface area contributed by atoms with E-state index < -0.39 is 5.82 Å². The Morgan fingerprint density at radius 3 is 2.64 bits per heavy atom. The number of carbonyl (C=O) groups excluding carboxylic acids is 1. The molecule has 0 heterocycles. The van der Waals surface area contributed by atoms with Crippen LogP contribution in [0, 0.1) is 5.82 Å². The van der Waals surface area contributed by atoms with Gasteiger partial charge in [0.2, 0.25) is 0 Å². The molecule has 0 bridgehead atoms. The molecule has 0 unspecified atom stereocenters. The van der Waals surface area contributed by atoms with Crippen LogP contribution in [-0.4, -0.2) is 19.6 Å². The molecule has 0 saturated heterocycles. The number of hydrogen-bond acceptors (Lipinski definition) is 3. The fraction of sp³-hybridized carbons (Fsp3) is 0.188. The van der Waals surface area contributed by atoms with Gasteiger partial charge >= 0.3 is 0 Å². The van der Waals surface area contributed by atoms with Gasteiger partial charge in [0.1, 0.15) is 5.82 Å². The van der Waals surface area contributed by atoms with E-state index in [0.717, 1.165) is 0 Å². The molecule has 0 aromatic heterocycles. The SMILES string of the molecule is CCOc1ccc(NC(=O)c2ccc(F)cc2Br)cc1OC. The maximum atomic E-state index is 13.1. The van der Waals surface area contributed by atoms with Crippen LogP contribution in [0.25, 0.3) is 0 Å². The first-order valence-corrected chi connectivity index (χ1v) is 7.41. The Morgan fingerprint density at radius 1 is 1.23 bits per heavy atom. The summed E-state index contributed by atoms with van der Waals surface area (Å²) in [7, 11) is 1.53. The molecule has 2 aromatic rings. The molecule has 0 atom stereocenters. The molecular weight excluding hydrogens is 353 g/mol. The summed E-state index contributed by atoms with van der Waals surface area (Å²) in [6.07, 6.45) is 0. The average molecular weight is 368 g/mol. The van der Waals surface area contributed by atoms with Crippen LogP contribution in [0.5, 0.6) is 11.5 Å². The van der Waals surface area contributed by atoms with Crippen molar-refractivity contribution in [1.82, 2.24) is 0 Å². The second-order valence-corrected chi connectivity index (χ2v) is 5.23. The minimum Gasteiger partial charge on any atom is -0.493 e. The Morgan fingerprint density at radius 2 is 2.00 bits per heavy atom. The zero-order valence-corrected chi connectivity index (χ0v) is 13.7. The van der Waals surface area contributed by atoms with Gasteiger partial charge in [0.25, 0.3) is 5.91 Å². The lowest BCUT2D eigenvalue weighted by atomic mass is 10.2. The van der Waals surface area contributed by atoms with Crippen LogP contribution in [-0.2, 0) is 0 Å². The molecule has 22 heavy (non-hydrogen) atoms. The van der Waals surface area contributed by atoms with Crippen LogP contribution < -0.4 is 14.8 Å². The lowest BCUT2D eigenvalue weighted by Crippen LogP contribution is -2.12. The fourth-order valence-electron chi connectivity index (χ4n) is 1.89. The Bertz CT molecular complexity index is 691. The Labute approximate surface area is 136 Å². The van der Waals surface area contributed by atoms with Crippen LogP contribution in [0.4, 0.5) is 10.1 Å². The third-order valence-electron chi connectivity index (χ3n) is 2.90. The van der Waals surface area contributed by atoms with Crippen molar-refractivity contribution in [3.8, 4) is 11.5 Å². The molecule has 1 N–H and O–H groups in total. The lowest BCUT2D eigenvalue weighted by molar-refractivity contribution is 0.102. The van der Waals surface area contributed by atoms with Gasteiger partial charge in [-0.2, -0.15) is 0 Å². The molecular formula is C16H15BrFNO3. The largest absolute Gasteiger partial charge is 0.493 e. The number of rotatable bonds is 5. The van der Waals surface area contributed by atoms with Crippen molar-refractivity contribution in [2.75, 3.05) is 19.0 Å². The van der Waals surface area contributed by atoms with Gasteiger partial charge in [-0.15, -0.1) is 0 Å². The molecule has 2 aromatic carbocycles. The van der Waals surface area contributed by atoms with E-state index in [1.807, 2.05) is 6.92 Å². The predicted octanol–water partition coefficient (Wildman–Crippen LogP) is 4.25. The standard InChI is InChI=1S/C16H15BrFNO3/c1-3-22-14-7-5-11(9-15(14)21-2)19-16(20)12-6-4-10(18)8-13(12)17/h4-9H,3H2,1-2H3,(H,19,20). The zero-order chi connectivity index (χ0) is 16.1. The summed E-state index contributed by atoms with van der Waals surface area (Å²) in [5.74, 6) is 0.369. The van der Waals surface area contributed by atoms with Crippen molar-refractivity contribution in [2.24, 2.45) is 0 Å². The Hall–Kier alpha value is -2.08. The van der Waals surface area contributed by atoms with E-state index in [1.54, 1.807) is 18.2 Å². The van der Waals surface area contributed by atoms with Crippen LogP contribution in [0.1, 0.15) is 17.3 Å². The molecule has 0 radical (unpaired) electrons. The highest BCUT2D eigenvalue weighted by atomic mass is 79.9. The summed E-state index contributed by atoms with van der Waals surface area (Å²) in [4.78, 5) is 12.2. The Balaban J connectivity index is 2.21. The van der Waals surface area contributed by atoms with E-state index >= 15 is 0 Å². The van der Waals surface area contributed by atoms with Crippen LogP contribution >= 0.6 is 15.9 Å². The molecule has 2 rings (SSSR count). The average Bonchev–Trinajstić information content (AvgIpc) is 2.48. The highest BCUT2D eigenvalue weighted by molar-refractivity contribution is 9.10. The quantitative estimate of drug-likeness (QED) is 0.859. The first-order chi connectivity index (χ1) is 10.5. The third-order valence-corrected chi connectivity index (χ3v) is 3.55. The topological polar surface area (TPSA) is 47.6 Å². The van der Waals surface area contributed by atoms with Gasteiger partial charge in [-0.3, -0.25) is 4.79 Å². The molecule has 0 aliphatic carbocycles. The van der Waals surface area contributed by atoms with E-state index in [4.69, 9.17) is 9.47 Å². The van der Waals surface area contributed by atoms with Crippen LogP contribution in [0.2, 0.25) is 0 Å². The number of benzene rings is 2. The maximum Gasteiger partial charge on any atom is 0.256 e. The smallest absolute Gasteiger partial charge is 0.256 e. The van der Waals surface area contributed by atoms with Crippen molar-refractivity contribution in [1.29, 1.82) is 0 Å². The van der Waals surface area contributed by atoms with Crippen LogP contribution in [0.3, 0.4) is 0 Å². The normalized spacial score (nSPS) is 10.2. The summed E-state index contributed by atoms with van der Waals surface area (Å²) in [6, 6.07) is 8.99. The summed E-state index contributed by atoms with van der Waals surface area (Å²) >= 11 is 3.18. The van der Waals surface area contributed by atoms with Gasteiger partial charge in [0.05, 0.1) is 19.3 Å². The van der Waals surface area contributed by atoms with Gasteiger partial charge in [-0.1, -0.05) is 0 Å². The maximum absolute atomic E-state index is 13.1. The first-order valence-electron chi connectivity index (χ1n) is 6.62. The van der Waals surface area contributed by atoms with E-state index in [9.17, 15) is 9.18 Å². The van der Waals surface area contributed by atoms with E-state index in [-0.39, 0.29) is 5.91 Å². The van der Waals surface area contributed by atoms with Gasteiger partial charge in [-0.05, 0) is 53.2 Å². The second kappa shape index (κ2) is 7.26. The number of ether oxygens (including phenoxy) is 2. The predicted molar refractivity (Wildman–Crippen MR) is 86.2 cm³/mol. The molecule has 4 nitrogen and oxygen atoms in total. The first kappa shape index (κ1) is 16.3. The van der Waals surface area contributed by atoms with Crippen molar-refractivity contribution in [3.05, 3.63) is 52.3 Å². The molecule has 1 amide bonds. The number of carbonyl (C=O) groups is 1. The number of nitrogens with one attached hydrogen (secondary N) is 1. The van der Waals surface area contributed by atoms with Crippen LogP contribution in [0.15, 0.2) is 40.9 Å². The second-order valence-electron chi connectivity index (χ2n) is 4.38. The van der Waals surface area contributed by atoms with E-state index in [1.165, 1.54) is 25.3 Å². The molecule has 0 aliphatic heterocycles. The summed E-state index contributed by atoms with van der Waals surface area (Å²) < 4.78 is 24.1. The van der Waals surface area contributed by atoms with Crippen molar-refractivity contribution in [3.63, 3.8) is 0 Å². The van der Waals surface area contributed by atoms with Gasteiger partial charge in [0.15, 0.2) is 11.5 Å². The Kier molecular flexibility index (Phi) is 5.38. The zero-order valence-electron chi connectivity index (χ0n) is 12.2. The molecule has 0 aliphatic rings. The number of amides is 1. The van der Waals surface area contributed by atoms with E-state index in [0.29, 0.717) is 33.8 Å². The minimum atomic E-state index is -0.411. The molecule has 0 saturated carbocycles. The molecule has 0 fully saturated rings. The highest BCUT2D eigenvalue weighted by Gasteiger charge is 2.12. The van der Waals surface area contributed by atoms with E-state index in [2.05, 4.69) is 21.2 Å². The fourth-order valence-corrected chi connectivity index (χ4v) is 2.42. The highest BCUT2D eigenvalue weighted by Crippen LogP contribution is 2.30. The van der Waals surface area contributed by atoms with Crippen molar-refractivity contribution >= 4 is 27.5 Å². The minimum absolute atomic E-state index is 0.342. The monoisotopic (exact) mass is 367 g/mol. The number of methoxy groups -OCH3 is 1. The summed E-state index contributed by atoms with van der Waals surface area (Å²) in [5.41, 5.74) is 0.899. The molecule has 6 heteroatoms. The lowest BCUT2D eigenvalue weighted by Gasteiger charge is -2.12. The number of anilines is 1. The molecule has 116 valence electrons. The van der Waals surface area contributed by atoms with Gasteiger partial charge in [-0.25, -0.2) is 4.39 Å². The van der Waals surface area contributed by atoms with Gasteiger partial charge in [0, 0.05) is 16.2 Å².